The number of hydrogen-bond donors (Lipinski definition) is 2. The Morgan fingerprint density at radius 1 is 1.09 bits per heavy atom. The molecule has 174 valence electrons. The smallest absolute Gasteiger partial charge is 0.360 e. The molecule has 0 spiro atoms. The molecule has 1 aliphatic heterocycles. The minimum atomic E-state index is -4.71. The van der Waals surface area contributed by atoms with Gasteiger partial charge in [-0.3, -0.25) is 14.5 Å². The molecule has 1 heterocycles. The Morgan fingerprint density at radius 3 is 2.24 bits per heavy atom. The van der Waals surface area contributed by atoms with E-state index in [4.69, 9.17) is 10.6 Å². The van der Waals surface area contributed by atoms with Gasteiger partial charge in [-0.1, -0.05) is 24.3 Å². The van der Waals surface area contributed by atoms with Crippen molar-refractivity contribution in [3.63, 3.8) is 0 Å². The van der Waals surface area contributed by atoms with Crippen LogP contribution in [0.3, 0.4) is 0 Å². The van der Waals surface area contributed by atoms with E-state index in [0.29, 0.717) is 5.56 Å². The fourth-order valence-electron chi connectivity index (χ4n) is 3.59. The Balaban J connectivity index is 2.23. The lowest BCUT2D eigenvalue weighted by atomic mass is 9.88. The molecule has 3 amide bonds. The summed E-state index contributed by atoms with van der Waals surface area (Å²) < 4.78 is 72.4. The lowest BCUT2D eigenvalue weighted by molar-refractivity contribution is -0.169. The van der Waals surface area contributed by atoms with Gasteiger partial charge < -0.3 is 5.11 Å². The van der Waals surface area contributed by atoms with Crippen LogP contribution >= 0.6 is 0 Å². The van der Waals surface area contributed by atoms with Crippen molar-refractivity contribution in [3.05, 3.63) is 70.5 Å². The van der Waals surface area contributed by atoms with Gasteiger partial charge in [0, 0.05) is 0 Å². The number of carbonyl (C=O) groups excluding carboxylic acids is 2. The van der Waals surface area contributed by atoms with E-state index in [1.54, 1.807) is 0 Å². The average molecular weight is 470 g/mol. The highest BCUT2D eigenvalue weighted by Crippen LogP contribution is 2.48. The number of carbonyl (C=O) groups is 3. The third-order valence-electron chi connectivity index (χ3n) is 5.24. The number of hydrogen-bond acceptors (Lipinski definition) is 5. The Labute approximate surface area is 182 Å². The second-order valence-corrected chi connectivity index (χ2v) is 7.25. The van der Waals surface area contributed by atoms with Crippen LogP contribution in [0.15, 0.2) is 41.5 Å². The standard InChI is InChI=1S/C20H15F5N4O4/c1-19(11-4-2-10(3-5-11)8-27-26)17(32)28(9-14(30)31)18(33)29(19)20(24,25)12-6-7-13(21)16(23)15(12)22/h2-7,26H,8-9H2,1H3,(H,30,31)/t19-/m0/s1. The molecule has 8 nitrogen and oxygen atoms in total. The lowest BCUT2D eigenvalue weighted by Gasteiger charge is -2.37. The van der Waals surface area contributed by atoms with Gasteiger partial charge in [-0.15, -0.1) is 0 Å². The summed E-state index contributed by atoms with van der Waals surface area (Å²) in [6.45, 7) is -0.435. The van der Waals surface area contributed by atoms with Gasteiger partial charge in [0.15, 0.2) is 23.0 Å². The highest BCUT2D eigenvalue weighted by Gasteiger charge is 2.65. The van der Waals surface area contributed by atoms with Crippen LogP contribution in [-0.2, 0) is 27.7 Å². The van der Waals surface area contributed by atoms with Crippen molar-refractivity contribution >= 4 is 17.9 Å². The summed E-state index contributed by atoms with van der Waals surface area (Å²) in [4.78, 5) is 36.7. The van der Waals surface area contributed by atoms with Crippen molar-refractivity contribution in [1.82, 2.24) is 9.80 Å². The Bertz CT molecular complexity index is 1160. The van der Waals surface area contributed by atoms with Crippen LogP contribution in [0.25, 0.3) is 0 Å². The number of alkyl halides is 2. The van der Waals surface area contributed by atoms with Crippen LogP contribution < -0.4 is 0 Å². The molecular weight excluding hydrogens is 455 g/mol. The summed E-state index contributed by atoms with van der Waals surface area (Å²) >= 11 is 0. The molecular formula is C20H15F5N4O4. The first-order chi connectivity index (χ1) is 15.4. The number of carboxylic acids is 1. The number of carboxylic acid groups (broad SMARTS) is 1. The number of halogens is 5. The van der Waals surface area contributed by atoms with Crippen molar-refractivity contribution in [3.8, 4) is 0 Å². The summed E-state index contributed by atoms with van der Waals surface area (Å²) in [5.41, 5.74) is 2.85. The van der Waals surface area contributed by atoms with Crippen LogP contribution in [0, 0.1) is 23.0 Å². The van der Waals surface area contributed by atoms with Crippen LogP contribution in [0.5, 0.6) is 0 Å². The summed E-state index contributed by atoms with van der Waals surface area (Å²) in [6.07, 6.45) is 0. The fourth-order valence-corrected chi connectivity index (χ4v) is 3.59. The van der Waals surface area contributed by atoms with Crippen LogP contribution in [-0.4, -0.2) is 39.4 Å². The first-order valence-electron chi connectivity index (χ1n) is 9.19. The fraction of sp³-hybridized carbons (Fsp3) is 0.250. The molecule has 1 atom stereocenters. The van der Waals surface area contributed by atoms with E-state index >= 15 is 8.78 Å². The maximum atomic E-state index is 15.6. The van der Waals surface area contributed by atoms with E-state index in [2.05, 4.69) is 5.11 Å². The van der Waals surface area contributed by atoms with Gasteiger partial charge in [0.2, 0.25) is 0 Å². The summed E-state index contributed by atoms with van der Waals surface area (Å²) in [5.74, 6) is -9.27. The van der Waals surface area contributed by atoms with Gasteiger partial charge in [-0.2, -0.15) is 13.9 Å². The van der Waals surface area contributed by atoms with Crippen molar-refractivity contribution < 1.29 is 41.4 Å². The van der Waals surface area contributed by atoms with Gasteiger partial charge in [0.25, 0.3) is 5.91 Å². The highest BCUT2D eigenvalue weighted by atomic mass is 19.3. The van der Waals surface area contributed by atoms with Crippen molar-refractivity contribution in [2.75, 3.05) is 6.54 Å². The zero-order valence-electron chi connectivity index (χ0n) is 16.8. The minimum absolute atomic E-state index is 0.0427. The Hall–Kier alpha value is -3.90. The number of urea groups is 1. The second-order valence-electron chi connectivity index (χ2n) is 7.25. The largest absolute Gasteiger partial charge is 0.480 e. The number of benzene rings is 2. The molecule has 1 aliphatic rings. The molecule has 1 saturated heterocycles. The summed E-state index contributed by atoms with van der Waals surface area (Å²) in [7, 11) is 0. The minimum Gasteiger partial charge on any atom is -0.480 e. The third kappa shape index (κ3) is 3.68. The average Bonchev–Trinajstić information content (AvgIpc) is 2.94. The lowest BCUT2D eigenvalue weighted by Crippen LogP contribution is -2.52. The molecule has 1 fully saturated rings. The molecule has 13 heteroatoms. The van der Waals surface area contributed by atoms with E-state index < -0.39 is 59.1 Å². The van der Waals surface area contributed by atoms with E-state index in [1.165, 1.54) is 24.3 Å². The number of rotatable bonds is 7. The van der Waals surface area contributed by atoms with E-state index in [0.717, 1.165) is 6.92 Å². The first-order valence-corrected chi connectivity index (χ1v) is 9.19. The number of nitrogens with zero attached hydrogens (tertiary/aromatic N) is 3. The quantitative estimate of drug-likeness (QED) is 0.210. The second kappa shape index (κ2) is 8.22. The predicted molar refractivity (Wildman–Crippen MR) is 99.4 cm³/mol. The molecule has 2 N–H and O–H groups in total. The normalized spacial score (nSPS) is 18.7. The zero-order valence-corrected chi connectivity index (χ0v) is 16.8. The summed E-state index contributed by atoms with van der Waals surface area (Å²) in [5, 5.41) is 12.2. The first kappa shape index (κ1) is 23.8. The van der Waals surface area contributed by atoms with Crippen LogP contribution in [0.1, 0.15) is 23.6 Å². The van der Waals surface area contributed by atoms with Crippen molar-refractivity contribution in [2.24, 2.45) is 5.11 Å². The topological polar surface area (TPSA) is 114 Å². The van der Waals surface area contributed by atoms with Gasteiger partial charge in [0.1, 0.15) is 6.54 Å². The predicted octanol–water partition coefficient (Wildman–Crippen LogP) is 3.95. The molecule has 3 rings (SSSR count). The Morgan fingerprint density at radius 2 is 1.70 bits per heavy atom. The Kier molecular flexibility index (Phi) is 5.92. The highest BCUT2D eigenvalue weighted by molar-refractivity contribution is 6.09. The maximum absolute atomic E-state index is 15.6. The van der Waals surface area contributed by atoms with Gasteiger partial charge >= 0.3 is 18.0 Å². The maximum Gasteiger partial charge on any atom is 0.360 e. The van der Waals surface area contributed by atoms with Crippen LogP contribution in [0.4, 0.5) is 26.7 Å². The van der Waals surface area contributed by atoms with E-state index in [9.17, 15) is 27.6 Å². The molecule has 0 radical (unpaired) electrons. The number of imide groups is 1. The molecule has 0 saturated carbocycles. The number of nitrogens with one attached hydrogen (secondary N) is 1. The van der Waals surface area contributed by atoms with Gasteiger partial charge in [-0.25, -0.2) is 28.4 Å². The molecule has 33 heavy (non-hydrogen) atoms. The van der Waals surface area contributed by atoms with Crippen LogP contribution in [0.2, 0.25) is 0 Å². The summed E-state index contributed by atoms with van der Waals surface area (Å²) in [6, 6.07) is -0.983. The molecule has 0 aromatic heterocycles. The zero-order chi connectivity index (χ0) is 24.7. The van der Waals surface area contributed by atoms with E-state index in [1.807, 2.05) is 0 Å². The SMILES string of the molecule is C[C@]1(c2ccc(CN=N)cc2)C(=O)N(CC(=O)O)C(=O)N1C(F)(F)c1ccc(F)c(F)c1F. The molecule has 0 bridgehead atoms. The molecule has 0 aliphatic carbocycles. The van der Waals surface area contributed by atoms with Crippen molar-refractivity contribution in [2.45, 2.75) is 25.1 Å². The number of amides is 3. The molecule has 0 unspecified atom stereocenters. The number of aliphatic carboxylic acids is 1. The third-order valence-corrected chi connectivity index (χ3v) is 5.24. The monoisotopic (exact) mass is 470 g/mol. The van der Waals surface area contributed by atoms with Gasteiger partial charge in [0.05, 0.1) is 12.1 Å². The van der Waals surface area contributed by atoms with Crippen molar-refractivity contribution in [1.29, 1.82) is 5.53 Å². The molecule has 2 aromatic carbocycles. The molecule has 2 aromatic rings. The van der Waals surface area contributed by atoms with E-state index in [-0.39, 0.29) is 34.0 Å². The van der Waals surface area contributed by atoms with Gasteiger partial charge in [-0.05, 0) is 30.2 Å².